The summed E-state index contributed by atoms with van der Waals surface area (Å²) in [6.07, 6.45) is 0.910. The summed E-state index contributed by atoms with van der Waals surface area (Å²) in [7, 11) is 0. The summed E-state index contributed by atoms with van der Waals surface area (Å²) in [5.41, 5.74) is 0.554. The van der Waals surface area contributed by atoms with E-state index in [4.69, 9.17) is 5.11 Å². The molecule has 0 fully saturated rings. The van der Waals surface area contributed by atoms with E-state index in [-0.39, 0.29) is 11.6 Å². The number of aromatic carboxylic acids is 1. The number of carboxylic acid groups (broad SMARTS) is 1. The number of aromatic nitrogens is 7. The number of nitrogens with zero attached hydrogens (tertiary/aromatic N) is 7. The van der Waals surface area contributed by atoms with Gasteiger partial charge in [0.15, 0.2) is 11.5 Å². The molecular weight excluding hydrogens is 262 g/mol. The topological polar surface area (TPSA) is 112 Å². The van der Waals surface area contributed by atoms with E-state index in [1.807, 2.05) is 20.8 Å². The van der Waals surface area contributed by atoms with Gasteiger partial charge >= 0.3 is 5.97 Å². The van der Waals surface area contributed by atoms with Gasteiger partial charge in [-0.15, -0.1) is 10.2 Å². The van der Waals surface area contributed by atoms with E-state index in [2.05, 4.69) is 25.8 Å². The normalized spacial score (nSPS) is 11.2. The molecule has 0 aromatic carbocycles. The monoisotopic (exact) mass is 279 g/mol. The van der Waals surface area contributed by atoms with Gasteiger partial charge in [0.05, 0.1) is 5.69 Å². The highest BCUT2D eigenvalue weighted by atomic mass is 16.4. The third kappa shape index (κ3) is 2.65. The molecule has 2 rings (SSSR count). The average Bonchev–Trinajstić information content (AvgIpc) is 2.97. The fraction of sp³-hybridized carbons (Fsp3) is 0.636. The number of carbonyl (C=O) groups is 1. The van der Waals surface area contributed by atoms with Crippen LogP contribution in [0.5, 0.6) is 0 Å². The summed E-state index contributed by atoms with van der Waals surface area (Å²) in [6, 6.07) is 0. The highest BCUT2D eigenvalue weighted by Gasteiger charge is 2.22. The molecule has 0 atom stereocenters. The lowest BCUT2D eigenvalue weighted by molar-refractivity contribution is 0.0688. The molecule has 2 heterocycles. The van der Waals surface area contributed by atoms with Crippen LogP contribution in [0, 0.1) is 0 Å². The van der Waals surface area contributed by atoms with E-state index in [1.54, 1.807) is 9.36 Å². The molecule has 9 nitrogen and oxygen atoms in total. The molecule has 0 amide bonds. The minimum absolute atomic E-state index is 0.00777. The fourth-order valence-corrected chi connectivity index (χ4v) is 2.02. The molecule has 20 heavy (non-hydrogen) atoms. The summed E-state index contributed by atoms with van der Waals surface area (Å²) < 4.78 is 3.23. The van der Waals surface area contributed by atoms with Crippen molar-refractivity contribution >= 4 is 5.97 Å². The standard InChI is InChI=1S/C11H17N7O2/c1-4-5-17-8(12-14-16-17)6-18-10(7(2)3)9(11(19)20)13-15-18/h7H,4-6H2,1-3H3,(H,19,20). The van der Waals surface area contributed by atoms with Crippen molar-refractivity contribution in [1.82, 2.24) is 35.2 Å². The van der Waals surface area contributed by atoms with Gasteiger partial charge in [-0.25, -0.2) is 14.2 Å². The zero-order valence-electron chi connectivity index (χ0n) is 11.7. The first kappa shape index (κ1) is 14.1. The first-order valence-electron chi connectivity index (χ1n) is 6.46. The van der Waals surface area contributed by atoms with Crippen molar-refractivity contribution in [2.24, 2.45) is 0 Å². The zero-order valence-corrected chi connectivity index (χ0v) is 11.7. The van der Waals surface area contributed by atoms with E-state index in [9.17, 15) is 4.79 Å². The van der Waals surface area contributed by atoms with E-state index in [0.717, 1.165) is 6.42 Å². The van der Waals surface area contributed by atoms with Crippen LogP contribution in [0.1, 0.15) is 55.1 Å². The Morgan fingerprint density at radius 1 is 1.25 bits per heavy atom. The van der Waals surface area contributed by atoms with Crippen LogP contribution >= 0.6 is 0 Å². The van der Waals surface area contributed by atoms with Gasteiger partial charge in [-0.1, -0.05) is 26.0 Å². The van der Waals surface area contributed by atoms with Gasteiger partial charge in [-0.2, -0.15) is 0 Å². The molecule has 108 valence electrons. The number of rotatable bonds is 6. The summed E-state index contributed by atoms with van der Waals surface area (Å²) in [6.45, 7) is 6.84. The first-order chi connectivity index (χ1) is 9.54. The van der Waals surface area contributed by atoms with Crippen LogP contribution in [0.3, 0.4) is 0 Å². The minimum Gasteiger partial charge on any atom is -0.476 e. The summed E-state index contributed by atoms with van der Waals surface area (Å²) in [5.74, 6) is -0.449. The summed E-state index contributed by atoms with van der Waals surface area (Å²) in [4.78, 5) is 11.2. The molecule has 0 bridgehead atoms. The maximum Gasteiger partial charge on any atom is 0.358 e. The van der Waals surface area contributed by atoms with Crippen molar-refractivity contribution < 1.29 is 9.90 Å². The highest BCUT2D eigenvalue weighted by Crippen LogP contribution is 2.18. The highest BCUT2D eigenvalue weighted by molar-refractivity contribution is 5.86. The van der Waals surface area contributed by atoms with Gasteiger partial charge in [0, 0.05) is 6.54 Å². The van der Waals surface area contributed by atoms with Gasteiger partial charge < -0.3 is 5.11 Å². The number of tetrazole rings is 1. The van der Waals surface area contributed by atoms with Gasteiger partial charge in [-0.3, -0.25) is 0 Å². The Morgan fingerprint density at radius 3 is 2.60 bits per heavy atom. The van der Waals surface area contributed by atoms with E-state index < -0.39 is 5.97 Å². The van der Waals surface area contributed by atoms with Gasteiger partial charge in [-0.05, 0) is 22.8 Å². The van der Waals surface area contributed by atoms with Crippen molar-refractivity contribution in [3.63, 3.8) is 0 Å². The Kier molecular flexibility index (Phi) is 4.06. The van der Waals surface area contributed by atoms with E-state index in [1.165, 1.54) is 0 Å². The Labute approximate surface area is 115 Å². The molecule has 2 aromatic heterocycles. The molecule has 0 saturated carbocycles. The summed E-state index contributed by atoms with van der Waals surface area (Å²) in [5, 5.41) is 28.3. The van der Waals surface area contributed by atoms with Gasteiger partial charge in [0.1, 0.15) is 6.54 Å². The maximum atomic E-state index is 11.2. The number of aryl methyl sites for hydroxylation is 1. The van der Waals surface area contributed by atoms with Gasteiger partial charge in [0.2, 0.25) is 0 Å². The molecule has 1 N–H and O–H groups in total. The van der Waals surface area contributed by atoms with Crippen LogP contribution in [-0.2, 0) is 13.1 Å². The second-order valence-corrected chi connectivity index (χ2v) is 4.76. The lowest BCUT2D eigenvalue weighted by Crippen LogP contribution is -2.15. The Morgan fingerprint density at radius 2 is 2.00 bits per heavy atom. The number of hydrogen-bond donors (Lipinski definition) is 1. The van der Waals surface area contributed by atoms with Crippen LogP contribution < -0.4 is 0 Å². The van der Waals surface area contributed by atoms with Crippen molar-refractivity contribution in [3.05, 3.63) is 17.2 Å². The number of hydrogen-bond acceptors (Lipinski definition) is 6. The Balaban J connectivity index is 2.34. The third-order valence-electron chi connectivity index (χ3n) is 2.86. The smallest absolute Gasteiger partial charge is 0.358 e. The fourth-order valence-electron chi connectivity index (χ4n) is 2.02. The predicted molar refractivity (Wildman–Crippen MR) is 68.3 cm³/mol. The van der Waals surface area contributed by atoms with Crippen molar-refractivity contribution in [3.8, 4) is 0 Å². The Bertz CT molecular complexity index is 602. The molecule has 0 spiro atoms. The minimum atomic E-state index is -1.08. The van der Waals surface area contributed by atoms with E-state index >= 15 is 0 Å². The molecule has 0 aliphatic carbocycles. The lowest BCUT2D eigenvalue weighted by Gasteiger charge is -2.09. The second-order valence-electron chi connectivity index (χ2n) is 4.76. The van der Waals surface area contributed by atoms with Crippen LogP contribution in [0.4, 0.5) is 0 Å². The maximum absolute atomic E-state index is 11.2. The van der Waals surface area contributed by atoms with Crippen molar-refractivity contribution in [2.45, 2.75) is 46.2 Å². The second kappa shape index (κ2) is 5.76. The van der Waals surface area contributed by atoms with Crippen molar-refractivity contribution in [2.75, 3.05) is 0 Å². The summed E-state index contributed by atoms with van der Waals surface area (Å²) >= 11 is 0. The molecule has 0 saturated heterocycles. The molecule has 0 radical (unpaired) electrons. The number of carboxylic acids is 1. The van der Waals surface area contributed by atoms with Gasteiger partial charge in [0.25, 0.3) is 0 Å². The molecule has 9 heteroatoms. The molecule has 0 aliphatic rings. The average molecular weight is 279 g/mol. The van der Waals surface area contributed by atoms with E-state index in [0.29, 0.717) is 24.6 Å². The molecular formula is C11H17N7O2. The molecule has 0 unspecified atom stereocenters. The first-order valence-corrected chi connectivity index (χ1v) is 6.46. The van der Waals surface area contributed by atoms with Crippen LogP contribution in [0.15, 0.2) is 0 Å². The molecule has 2 aromatic rings. The van der Waals surface area contributed by atoms with Crippen molar-refractivity contribution in [1.29, 1.82) is 0 Å². The van der Waals surface area contributed by atoms with Crippen LogP contribution in [-0.4, -0.2) is 46.3 Å². The molecule has 0 aliphatic heterocycles. The van der Waals surface area contributed by atoms with Crippen LogP contribution in [0.25, 0.3) is 0 Å². The Hall–Kier alpha value is -2.32. The third-order valence-corrected chi connectivity index (χ3v) is 2.86. The SMILES string of the molecule is CCCn1nnnc1Cn1nnc(C(=O)O)c1C(C)C. The lowest BCUT2D eigenvalue weighted by atomic mass is 10.1. The largest absolute Gasteiger partial charge is 0.476 e. The van der Waals surface area contributed by atoms with Crippen LogP contribution in [0.2, 0.25) is 0 Å². The zero-order chi connectivity index (χ0) is 14.7. The quantitative estimate of drug-likeness (QED) is 0.821. The predicted octanol–water partition coefficient (Wildman–Crippen LogP) is 0.544.